The van der Waals surface area contributed by atoms with Gasteiger partial charge in [-0.3, -0.25) is 0 Å². The molecule has 0 heterocycles. The van der Waals surface area contributed by atoms with Gasteiger partial charge in [0, 0.05) is 27.1 Å². The predicted octanol–water partition coefficient (Wildman–Crippen LogP) is 2.91. The predicted molar refractivity (Wildman–Crippen MR) is 77.4 cm³/mol. The van der Waals surface area contributed by atoms with Gasteiger partial charge in [0.25, 0.3) is 0 Å². The van der Waals surface area contributed by atoms with Crippen molar-refractivity contribution in [1.29, 1.82) is 0 Å². The molecule has 0 saturated carbocycles. The van der Waals surface area contributed by atoms with Crippen LogP contribution in [0.15, 0.2) is 12.1 Å². The van der Waals surface area contributed by atoms with Crippen molar-refractivity contribution < 1.29 is 14.6 Å². The Bertz CT molecular complexity index is 397. The topological polar surface area (TPSA) is 38.7 Å². The molecular formula is C16H26O3. The van der Waals surface area contributed by atoms with Gasteiger partial charge < -0.3 is 14.6 Å². The van der Waals surface area contributed by atoms with Gasteiger partial charge in [-0.15, -0.1) is 0 Å². The van der Waals surface area contributed by atoms with E-state index in [2.05, 4.69) is 32.9 Å². The lowest BCUT2D eigenvalue weighted by atomic mass is 9.87. The summed E-state index contributed by atoms with van der Waals surface area (Å²) < 4.78 is 10.3. The van der Waals surface area contributed by atoms with Crippen LogP contribution in [-0.2, 0) is 15.9 Å². The van der Waals surface area contributed by atoms with Crippen LogP contribution >= 0.6 is 0 Å². The lowest BCUT2D eigenvalue weighted by Gasteiger charge is -2.28. The third kappa shape index (κ3) is 4.60. The van der Waals surface area contributed by atoms with Crippen molar-refractivity contribution in [1.82, 2.24) is 0 Å². The molecule has 19 heavy (non-hydrogen) atoms. The summed E-state index contributed by atoms with van der Waals surface area (Å²) in [5.74, 6) is 0. The van der Waals surface area contributed by atoms with Crippen LogP contribution < -0.4 is 0 Å². The Balaban J connectivity index is 2.89. The number of hydrogen-bond acceptors (Lipinski definition) is 3. The van der Waals surface area contributed by atoms with Gasteiger partial charge in [-0.2, -0.15) is 0 Å². The minimum absolute atomic E-state index is 0.374. The van der Waals surface area contributed by atoms with E-state index in [1.165, 1.54) is 22.3 Å². The molecule has 0 aliphatic heterocycles. The summed E-state index contributed by atoms with van der Waals surface area (Å²) >= 11 is 0. The van der Waals surface area contributed by atoms with Crippen LogP contribution in [0.25, 0.3) is 0 Å². The first-order valence-corrected chi connectivity index (χ1v) is 6.64. The SMILES string of the molecule is COC(CC(C)(O)Cc1c(C)cc(C)cc1C)OC. The smallest absolute Gasteiger partial charge is 0.159 e. The van der Waals surface area contributed by atoms with E-state index in [4.69, 9.17) is 9.47 Å². The Labute approximate surface area is 116 Å². The zero-order valence-electron chi connectivity index (χ0n) is 12.9. The molecule has 0 aliphatic rings. The van der Waals surface area contributed by atoms with Gasteiger partial charge in [0.05, 0.1) is 5.60 Å². The summed E-state index contributed by atoms with van der Waals surface area (Å²) in [6.45, 7) is 8.11. The second kappa shape index (κ2) is 6.51. The van der Waals surface area contributed by atoms with Crippen molar-refractivity contribution in [2.75, 3.05) is 14.2 Å². The summed E-state index contributed by atoms with van der Waals surface area (Å²) in [6, 6.07) is 4.31. The Hall–Kier alpha value is -0.900. The fourth-order valence-corrected chi connectivity index (χ4v) is 2.56. The van der Waals surface area contributed by atoms with Gasteiger partial charge in [-0.25, -0.2) is 0 Å². The quantitative estimate of drug-likeness (QED) is 0.805. The van der Waals surface area contributed by atoms with Gasteiger partial charge in [0.15, 0.2) is 6.29 Å². The van der Waals surface area contributed by atoms with E-state index >= 15 is 0 Å². The second-order valence-corrected chi connectivity index (χ2v) is 5.66. The van der Waals surface area contributed by atoms with E-state index in [9.17, 15) is 5.11 Å². The largest absolute Gasteiger partial charge is 0.390 e. The molecule has 0 bridgehead atoms. The molecule has 1 atom stereocenters. The molecule has 0 amide bonds. The van der Waals surface area contributed by atoms with Gasteiger partial charge in [0.1, 0.15) is 0 Å². The first kappa shape index (κ1) is 16.2. The summed E-state index contributed by atoms with van der Waals surface area (Å²) in [4.78, 5) is 0. The van der Waals surface area contributed by atoms with Gasteiger partial charge in [0.2, 0.25) is 0 Å². The zero-order valence-corrected chi connectivity index (χ0v) is 12.9. The highest BCUT2D eigenvalue weighted by atomic mass is 16.7. The second-order valence-electron chi connectivity index (χ2n) is 5.66. The average Bonchev–Trinajstić information content (AvgIpc) is 2.31. The summed E-state index contributed by atoms with van der Waals surface area (Å²) in [5, 5.41) is 10.6. The van der Waals surface area contributed by atoms with Crippen LogP contribution in [0.1, 0.15) is 35.6 Å². The van der Waals surface area contributed by atoms with E-state index in [1.807, 2.05) is 6.92 Å². The van der Waals surface area contributed by atoms with E-state index in [0.29, 0.717) is 12.8 Å². The van der Waals surface area contributed by atoms with Crippen LogP contribution in [-0.4, -0.2) is 31.2 Å². The molecule has 1 unspecified atom stereocenters. The number of hydrogen-bond donors (Lipinski definition) is 1. The van der Waals surface area contributed by atoms with Crippen molar-refractivity contribution in [2.24, 2.45) is 0 Å². The maximum atomic E-state index is 10.6. The maximum Gasteiger partial charge on any atom is 0.159 e. The van der Waals surface area contributed by atoms with Gasteiger partial charge in [-0.1, -0.05) is 17.7 Å². The molecule has 0 aliphatic carbocycles. The van der Waals surface area contributed by atoms with Crippen molar-refractivity contribution in [3.8, 4) is 0 Å². The first-order valence-electron chi connectivity index (χ1n) is 6.64. The highest BCUT2D eigenvalue weighted by Crippen LogP contribution is 2.25. The number of benzene rings is 1. The average molecular weight is 266 g/mol. The fraction of sp³-hybridized carbons (Fsp3) is 0.625. The summed E-state index contributed by atoms with van der Waals surface area (Å²) in [7, 11) is 3.18. The minimum Gasteiger partial charge on any atom is -0.390 e. The van der Waals surface area contributed by atoms with Crippen LogP contribution in [0, 0.1) is 20.8 Å². The molecule has 1 N–H and O–H groups in total. The van der Waals surface area contributed by atoms with Crippen LogP contribution in [0.3, 0.4) is 0 Å². The highest BCUT2D eigenvalue weighted by Gasteiger charge is 2.27. The van der Waals surface area contributed by atoms with E-state index < -0.39 is 5.60 Å². The summed E-state index contributed by atoms with van der Waals surface area (Å²) in [6.07, 6.45) is 0.682. The third-order valence-corrected chi connectivity index (χ3v) is 3.53. The van der Waals surface area contributed by atoms with Crippen molar-refractivity contribution >= 4 is 0 Å². The molecule has 0 spiro atoms. The number of ether oxygens (including phenoxy) is 2. The van der Waals surface area contributed by atoms with Crippen LogP contribution in [0.5, 0.6) is 0 Å². The molecule has 3 nitrogen and oxygen atoms in total. The Kier molecular flexibility index (Phi) is 5.53. The number of aryl methyl sites for hydroxylation is 3. The van der Waals surface area contributed by atoms with Crippen molar-refractivity contribution in [3.63, 3.8) is 0 Å². The molecule has 108 valence electrons. The van der Waals surface area contributed by atoms with Crippen molar-refractivity contribution in [3.05, 3.63) is 34.4 Å². The monoisotopic (exact) mass is 266 g/mol. The highest BCUT2D eigenvalue weighted by molar-refractivity contribution is 5.38. The Morgan fingerprint density at radius 1 is 1.11 bits per heavy atom. The van der Waals surface area contributed by atoms with Crippen LogP contribution in [0.4, 0.5) is 0 Å². The lowest BCUT2D eigenvalue weighted by Crippen LogP contribution is -2.34. The summed E-state index contributed by atoms with van der Waals surface area (Å²) in [5.41, 5.74) is 4.07. The van der Waals surface area contributed by atoms with Crippen LogP contribution in [0.2, 0.25) is 0 Å². The molecule has 1 aromatic rings. The lowest BCUT2D eigenvalue weighted by molar-refractivity contribution is -0.139. The van der Waals surface area contributed by atoms with Crippen molar-refractivity contribution in [2.45, 2.75) is 52.4 Å². The Morgan fingerprint density at radius 2 is 1.58 bits per heavy atom. The molecule has 1 rings (SSSR count). The normalized spacial score (nSPS) is 14.7. The van der Waals surface area contributed by atoms with Gasteiger partial charge >= 0.3 is 0 Å². The minimum atomic E-state index is -0.846. The Morgan fingerprint density at radius 3 is 2.00 bits per heavy atom. The van der Waals surface area contributed by atoms with E-state index in [0.717, 1.165) is 0 Å². The van der Waals surface area contributed by atoms with E-state index in [-0.39, 0.29) is 6.29 Å². The molecule has 0 aromatic heterocycles. The molecular weight excluding hydrogens is 240 g/mol. The molecule has 3 heteroatoms. The third-order valence-electron chi connectivity index (χ3n) is 3.53. The molecule has 0 fully saturated rings. The number of aliphatic hydroxyl groups is 1. The number of methoxy groups -OCH3 is 2. The first-order chi connectivity index (χ1) is 8.79. The van der Waals surface area contributed by atoms with Gasteiger partial charge in [-0.05, 0) is 44.4 Å². The molecule has 0 saturated heterocycles. The number of rotatable bonds is 6. The van der Waals surface area contributed by atoms with E-state index in [1.54, 1.807) is 14.2 Å². The zero-order chi connectivity index (χ0) is 14.6. The molecule has 0 radical (unpaired) electrons. The maximum absolute atomic E-state index is 10.6. The fourth-order valence-electron chi connectivity index (χ4n) is 2.56. The standard InChI is InChI=1S/C16H26O3/c1-11-7-12(2)14(13(3)8-11)9-16(4,17)10-15(18-5)19-6/h7-8,15,17H,9-10H2,1-6H3. The molecule has 1 aromatic carbocycles.